The van der Waals surface area contributed by atoms with Crippen molar-refractivity contribution in [3.63, 3.8) is 0 Å². The smallest absolute Gasteiger partial charge is 0.331 e. The van der Waals surface area contributed by atoms with Gasteiger partial charge in [0.25, 0.3) is 0 Å². The van der Waals surface area contributed by atoms with Crippen molar-refractivity contribution in [2.24, 2.45) is 0 Å². The van der Waals surface area contributed by atoms with Crippen LogP contribution in [-0.4, -0.2) is 122 Å². The van der Waals surface area contributed by atoms with E-state index in [4.69, 9.17) is 23.9 Å². The van der Waals surface area contributed by atoms with Crippen molar-refractivity contribution < 1.29 is 42.9 Å². The Balaban J connectivity index is 1.11. The van der Waals surface area contributed by atoms with E-state index in [-0.39, 0.29) is 66.9 Å². The van der Waals surface area contributed by atoms with Crippen molar-refractivity contribution in [1.82, 2.24) is 31.6 Å². The number of ether oxygens (including phenoxy) is 4. The van der Waals surface area contributed by atoms with Crippen LogP contribution in [-0.2, 0) is 44.5 Å². The highest BCUT2D eigenvalue weighted by atomic mass is 79.9. The first-order chi connectivity index (χ1) is 28.3. The molecule has 0 aromatic carbocycles. The number of carbonyl (C=O) groups is 5. The van der Waals surface area contributed by atoms with Crippen molar-refractivity contribution in [2.45, 2.75) is 121 Å². The second-order valence-electron chi connectivity index (χ2n) is 15.2. The van der Waals surface area contributed by atoms with Crippen LogP contribution in [0.2, 0.25) is 0 Å². The Morgan fingerprint density at radius 2 is 1.75 bits per heavy atom. The lowest BCUT2D eigenvalue weighted by Gasteiger charge is -2.22. The molecule has 3 aliphatic heterocycles. The number of nitrogens with one attached hydrogen (secondary N) is 5. The van der Waals surface area contributed by atoms with Gasteiger partial charge in [-0.2, -0.15) is 11.8 Å². The minimum atomic E-state index is -0.503. The number of esters is 2. The molecule has 4 rings (SSSR count). The summed E-state index contributed by atoms with van der Waals surface area (Å²) in [6, 6.07) is -0.0133. The van der Waals surface area contributed by atoms with Crippen LogP contribution in [0.1, 0.15) is 89.3 Å². The molecule has 2 fully saturated rings. The molecule has 0 spiro atoms. The van der Waals surface area contributed by atoms with Gasteiger partial charge in [0.05, 0.1) is 62.2 Å². The van der Waals surface area contributed by atoms with Crippen molar-refractivity contribution >= 4 is 68.8 Å². The fourth-order valence-corrected chi connectivity index (χ4v) is 9.82. The maximum atomic E-state index is 13.1. The third-order valence-corrected chi connectivity index (χ3v) is 12.5. The lowest BCUT2D eigenvalue weighted by Crippen LogP contribution is -2.42. The average Bonchev–Trinajstić information content (AvgIpc) is 3.88. The number of urea groups is 1. The van der Waals surface area contributed by atoms with Crippen LogP contribution >= 0.6 is 39.0 Å². The zero-order chi connectivity index (χ0) is 42.6. The van der Waals surface area contributed by atoms with E-state index in [1.54, 1.807) is 12.2 Å². The van der Waals surface area contributed by atoms with Gasteiger partial charge in [-0.15, -0.1) is 11.3 Å². The first-order valence-corrected chi connectivity index (χ1v) is 23.2. The zero-order valence-electron chi connectivity index (χ0n) is 34.6. The number of cyclic esters (lactones) is 2. The number of allylic oxidation sites excluding steroid dienone is 3. The second-order valence-corrected chi connectivity index (χ2v) is 18.7. The third kappa shape index (κ3) is 18.9. The van der Waals surface area contributed by atoms with E-state index in [1.165, 1.54) is 17.4 Å². The van der Waals surface area contributed by atoms with Crippen LogP contribution in [0.25, 0.3) is 0 Å². The van der Waals surface area contributed by atoms with Gasteiger partial charge in [0.2, 0.25) is 11.8 Å². The highest BCUT2D eigenvalue weighted by molar-refractivity contribution is 9.11. The molecule has 0 saturated carbocycles. The molecule has 2 saturated heterocycles. The highest BCUT2D eigenvalue weighted by Crippen LogP contribution is 2.33. The normalized spacial score (nSPS) is 27.1. The fraction of sp³-hybridized carbons (Fsp3) is 0.659. The largest absolute Gasteiger partial charge is 0.462 e. The SMILES string of the molecule is C/C(Br)=C\[C@H]1Cc2nc(cs2)[C@@H](C)C[C@@H](NCC(=O)NCCOCCOCCNC(=O)CCCC[C@@H]2SC[C@@H]3NC(=O)N[C@@H]32)CC(=O)O[C@@H](C)C/C(C)=C/C=C\C(=O)O1. The van der Waals surface area contributed by atoms with Crippen LogP contribution in [0.4, 0.5) is 4.79 Å². The van der Waals surface area contributed by atoms with Gasteiger partial charge in [-0.25, -0.2) is 14.6 Å². The molecule has 59 heavy (non-hydrogen) atoms. The van der Waals surface area contributed by atoms with Gasteiger partial charge in [-0.3, -0.25) is 14.4 Å². The average molecular weight is 926 g/mol. The number of halogens is 1. The summed E-state index contributed by atoms with van der Waals surface area (Å²) in [5, 5.41) is 18.1. The van der Waals surface area contributed by atoms with Crippen LogP contribution < -0.4 is 26.6 Å². The van der Waals surface area contributed by atoms with Crippen molar-refractivity contribution in [2.75, 3.05) is 51.8 Å². The molecular formula is C41H61BrN6O9S2. The molecule has 328 valence electrons. The first-order valence-electron chi connectivity index (χ1n) is 20.5. The molecule has 4 amide bonds. The number of thiazole rings is 1. The summed E-state index contributed by atoms with van der Waals surface area (Å²) in [5.41, 5.74) is 1.79. The molecule has 3 aliphatic rings. The maximum Gasteiger partial charge on any atom is 0.331 e. The topological polar surface area (TPSA) is 195 Å². The number of nitrogens with zero attached hydrogens (tertiary/aromatic N) is 1. The number of hydrogen-bond donors (Lipinski definition) is 5. The van der Waals surface area contributed by atoms with E-state index in [9.17, 15) is 24.0 Å². The minimum Gasteiger partial charge on any atom is -0.462 e. The van der Waals surface area contributed by atoms with E-state index in [1.807, 2.05) is 50.9 Å². The molecular weight excluding hydrogens is 865 g/mol. The summed E-state index contributed by atoms with van der Waals surface area (Å²) in [7, 11) is 0. The maximum absolute atomic E-state index is 13.1. The molecule has 0 aliphatic carbocycles. The van der Waals surface area contributed by atoms with Crippen LogP contribution in [0.15, 0.2) is 39.7 Å². The van der Waals surface area contributed by atoms with Crippen molar-refractivity contribution in [3.8, 4) is 0 Å². The van der Waals surface area contributed by atoms with Gasteiger partial charge in [0.1, 0.15) is 12.2 Å². The fourth-order valence-electron chi connectivity index (χ4n) is 7.02. The number of unbranched alkanes of at least 4 members (excludes halogenated alkanes) is 1. The monoisotopic (exact) mass is 924 g/mol. The summed E-state index contributed by atoms with van der Waals surface area (Å²) in [5.74, 6) is -0.155. The summed E-state index contributed by atoms with van der Waals surface area (Å²) in [6.07, 6.45) is 10.5. The van der Waals surface area contributed by atoms with Gasteiger partial charge >= 0.3 is 18.0 Å². The molecule has 7 atom stereocenters. The molecule has 1 aromatic rings. The molecule has 5 N–H and O–H groups in total. The third-order valence-electron chi connectivity index (χ3n) is 9.88. The number of carbonyl (C=O) groups excluding carboxylic acids is 5. The Hall–Kier alpha value is -3.29. The summed E-state index contributed by atoms with van der Waals surface area (Å²) >= 11 is 6.82. The quantitative estimate of drug-likeness (QED) is 0.0784. The molecule has 2 bridgehead atoms. The second kappa shape index (κ2) is 26.1. The summed E-state index contributed by atoms with van der Waals surface area (Å²) in [6.45, 7) is 9.78. The van der Waals surface area contributed by atoms with Crippen LogP contribution in [0, 0.1) is 0 Å². The minimum absolute atomic E-state index is 0.00295. The van der Waals surface area contributed by atoms with E-state index in [0.29, 0.717) is 70.5 Å². The molecule has 15 nitrogen and oxygen atoms in total. The van der Waals surface area contributed by atoms with Gasteiger partial charge in [0, 0.05) is 66.8 Å². The molecule has 4 heterocycles. The zero-order valence-corrected chi connectivity index (χ0v) is 37.8. The number of thioether (sulfide) groups is 1. The molecule has 18 heteroatoms. The van der Waals surface area contributed by atoms with Crippen LogP contribution in [0.5, 0.6) is 0 Å². The number of aromatic nitrogens is 1. The summed E-state index contributed by atoms with van der Waals surface area (Å²) in [4.78, 5) is 66.9. The standard InChI is InChI=1S/C41H61BrN6O9S2/c1-26-8-7-11-38(51)57-31(20-28(3)42)22-37-46-32(24-59-37)27(2)19-30(21-39(52)56-29(4)18-26)45-23-36(50)44-13-15-55-17-16-54-14-12-43-35(49)10-6-5-9-34-40-33(25-58-34)47-41(53)48-40/h7-8,11,20,24,27,29-31,33-34,40,45H,5-6,9-10,12-19,21-23,25H2,1-4H3,(H,43,49)(H,44,50)(H2,47,48,53)/b11-7-,26-8+,28-20+/t27-,29-,30+,31-,33-,34-,40-/m0/s1. The van der Waals surface area contributed by atoms with E-state index in [2.05, 4.69) is 42.5 Å². The number of hydrogen-bond acceptors (Lipinski definition) is 13. The van der Waals surface area contributed by atoms with Gasteiger partial charge in [0.15, 0.2) is 0 Å². The van der Waals surface area contributed by atoms with Gasteiger partial charge < -0.3 is 45.5 Å². The first kappa shape index (κ1) is 48.4. The van der Waals surface area contributed by atoms with E-state index < -0.39 is 12.1 Å². The number of fused-ring (bicyclic) bond motifs is 3. The van der Waals surface area contributed by atoms with Crippen LogP contribution in [0.3, 0.4) is 0 Å². The lowest BCUT2D eigenvalue weighted by atomic mass is 9.97. The highest BCUT2D eigenvalue weighted by Gasteiger charge is 2.42. The Labute approximate surface area is 364 Å². The number of rotatable bonds is 18. The predicted molar refractivity (Wildman–Crippen MR) is 233 cm³/mol. The van der Waals surface area contributed by atoms with Crippen molar-refractivity contribution in [1.29, 1.82) is 0 Å². The van der Waals surface area contributed by atoms with E-state index in [0.717, 1.165) is 45.8 Å². The van der Waals surface area contributed by atoms with Crippen molar-refractivity contribution in [3.05, 3.63) is 50.4 Å². The Kier molecular flexibility index (Phi) is 21.4. The van der Waals surface area contributed by atoms with E-state index >= 15 is 0 Å². The summed E-state index contributed by atoms with van der Waals surface area (Å²) < 4.78 is 23.4. The predicted octanol–water partition coefficient (Wildman–Crippen LogP) is 4.57. The molecule has 0 unspecified atom stereocenters. The lowest BCUT2D eigenvalue weighted by molar-refractivity contribution is -0.149. The Morgan fingerprint density at radius 3 is 2.49 bits per heavy atom. The Morgan fingerprint density at radius 1 is 1.00 bits per heavy atom. The molecule has 1 aromatic heterocycles. The number of amides is 4. The Bertz CT molecular complexity index is 1640. The molecule has 0 radical (unpaired) electrons. The van der Waals surface area contributed by atoms with Gasteiger partial charge in [-0.1, -0.05) is 47.0 Å². The van der Waals surface area contributed by atoms with Gasteiger partial charge in [-0.05, 0) is 50.6 Å².